The van der Waals surface area contributed by atoms with Crippen LogP contribution in [0, 0.1) is 10.1 Å². The predicted octanol–water partition coefficient (Wildman–Crippen LogP) is 2.18. The van der Waals surface area contributed by atoms with E-state index in [4.69, 9.17) is 4.74 Å². The molecule has 1 aromatic carbocycles. The van der Waals surface area contributed by atoms with Crippen LogP contribution < -0.4 is 15.5 Å². The van der Waals surface area contributed by atoms with Gasteiger partial charge in [-0.1, -0.05) is 11.8 Å². The summed E-state index contributed by atoms with van der Waals surface area (Å²) in [6.07, 6.45) is -0.663. The van der Waals surface area contributed by atoms with Crippen LogP contribution in [0.15, 0.2) is 29.6 Å². The zero-order valence-electron chi connectivity index (χ0n) is 17.1. The van der Waals surface area contributed by atoms with E-state index in [1.807, 2.05) is 4.90 Å². The quantitative estimate of drug-likeness (QED) is 0.314. The van der Waals surface area contributed by atoms with Gasteiger partial charge in [0.25, 0.3) is 11.6 Å². The minimum absolute atomic E-state index is 0.0277. The Labute approximate surface area is 191 Å². The Kier molecular flexibility index (Phi) is 8.00. The van der Waals surface area contributed by atoms with Gasteiger partial charge < -0.3 is 20.3 Å². The number of hydrogen-bond acceptors (Lipinski definition) is 10. The van der Waals surface area contributed by atoms with Crippen molar-refractivity contribution in [2.75, 3.05) is 31.1 Å². The van der Waals surface area contributed by atoms with Gasteiger partial charge in [0, 0.05) is 55.9 Å². The van der Waals surface area contributed by atoms with E-state index in [-0.39, 0.29) is 41.7 Å². The van der Waals surface area contributed by atoms with Crippen molar-refractivity contribution < 1.29 is 24.0 Å². The van der Waals surface area contributed by atoms with E-state index in [0.29, 0.717) is 11.3 Å². The summed E-state index contributed by atoms with van der Waals surface area (Å²) in [5.74, 6) is -0.344. The van der Waals surface area contributed by atoms with Crippen LogP contribution in [0.1, 0.15) is 23.0 Å². The summed E-state index contributed by atoms with van der Waals surface area (Å²) >= 11 is 2.69. The van der Waals surface area contributed by atoms with E-state index in [1.54, 1.807) is 12.3 Å². The van der Waals surface area contributed by atoms with E-state index in [9.17, 15) is 24.5 Å². The summed E-state index contributed by atoms with van der Waals surface area (Å²) in [4.78, 5) is 51.5. The van der Waals surface area contributed by atoms with Gasteiger partial charge in [0.05, 0.1) is 4.92 Å². The number of carbonyl (C=O) groups excluding carboxylic acids is 3. The van der Waals surface area contributed by atoms with Gasteiger partial charge in [0.1, 0.15) is 12.3 Å². The van der Waals surface area contributed by atoms with Crippen molar-refractivity contribution in [1.82, 2.24) is 15.6 Å². The van der Waals surface area contributed by atoms with Crippen molar-refractivity contribution in [2.24, 2.45) is 0 Å². The number of nitrogens with one attached hydrogen (secondary N) is 2. The monoisotopic (exact) mass is 479 g/mol. The molecular weight excluding hydrogens is 458 g/mol. The Morgan fingerprint density at radius 3 is 2.59 bits per heavy atom. The average molecular weight is 480 g/mol. The predicted molar refractivity (Wildman–Crippen MR) is 120 cm³/mol. The fraction of sp³-hybridized carbons (Fsp3) is 0.368. The van der Waals surface area contributed by atoms with Gasteiger partial charge in [-0.15, -0.1) is 11.3 Å². The lowest BCUT2D eigenvalue weighted by Gasteiger charge is -2.37. The van der Waals surface area contributed by atoms with Gasteiger partial charge in [0.2, 0.25) is 0 Å². The SMILES string of the molecule is CC(=O)SC1CN(c2nc(C(=O)NCCNC(=O)OCc3ccc([N+](=O)[O-])cc3)cs2)C1. The number of anilines is 1. The molecule has 1 aromatic heterocycles. The van der Waals surface area contributed by atoms with Gasteiger partial charge >= 0.3 is 6.09 Å². The zero-order chi connectivity index (χ0) is 23.1. The van der Waals surface area contributed by atoms with Crippen LogP contribution in [0.2, 0.25) is 0 Å². The third-order valence-electron chi connectivity index (χ3n) is 4.37. The number of amides is 2. The fourth-order valence-electron chi connectivity index (χ4n) is 2.76. The number of rotatable bonds is 9. The van der Waals surface area contributed by atoms with Gasteiger partial charge in [-0.2, -0.15) is 0 Å². The second-order valence-electron chi connectivity index (χ2n) is 6.83. The molecule has 0 saturated carbocycles. The second-order valence-corrected chi connectivity index (χ2v) is 9.15. The minimum Gasteiger partial charge on any atom is -0.445 e. The van der Waals surface area contributed by atoms with Crippen molar-refractivity contribution in [1.29, 1.82) is 0 Å². The number of alkyl carbamates (subject to hydrolysis) is 1. The number of nitro groups is 1. The maximum absolute atomic E-state index is 12.2. The van der Waals surface area contributed by atoms with E-state index in [1.165, 1.54) is 47.4 Å². The van der Waals surface area contributed by atoms with Crippen molar-refractivity contribution in [3.05, 3.63) is 51.0 Å². The van der Waals surface area contributed by atoms with Gasteiger partial charge in [-0.25, -0.2) is 9.78 Å². The average Bonchev–Trinajstić information content (AvgIpc) is 3.21. The highest BCUT2D eigenvalue weighted by Crippen LogP contribution is 2.30. The molecule has 1 fully saturated rings. The molecule has 170 valence electrons. The number of benzene rings is 1. The first-order valence-electron chi connectivity index (χ1n) is 9.61. The highest BCUT2D eigenvalue weighted by atomic mass is 32.2. The van der Waals surface area contributed by atoms with Crippen molar-refractivity contribution >= 4 is 51.0 Å². The van der Waals surface area contributed by atoms with E-state index >= 15 is 0 Å². The molecule has 2 amide bonds. The van der Waals surface area contributed by atoms with Crippen LogP contribution in [0.4, 0.5) is 15.6 Å². The third-order valence-corrected chi connectivity index (χ3v) is 6.24. The number of ether oxygens (including phenoxy) is 1. The van der Waals surface area contributed by atoms with Crippen molar-refractivity contribution in [3.8, 4) is 0 Å². The Morgan fingerprint density at radius 2 is 1.94 bits per heavy atom. The number of thiazole rings is 1. The molecule has 0 bridgehead atoms. The number of non-ortho nitro benzene ring substituents is 1. The summed E-state index contributed by atoms with van der Waals surface area (Å²) < 4.78 is 5.03. The maximum Gasteiger partial charge on any atom is 0.407 e. The lowest BCUT2D eigenvalue weighted by Crippen LogP contribution is -2.49. The first kappa shape index (κ1) is 23.5. The lowest BCUT2D eigenvalue weighted by molar-refractivity contribution is -0.384. The molecule has 32 heavy (non-hydrogen) atoms. The molecular formula is C19H21N5O6S2. The van der Waals surface area contributed by atoms with Crippen LogP contribution in [-0.4, -0.2) is 58.5 Å². The normalized spacial score (nSPS) is 13.2. The molecule has 1 aliphatic heterocycles. The van der Waals surface area contributed by atoms with Crippen LogP contribution in [-0.2, 0) is 16.1 Å². The smallest absolute Gasteiger partial charge is 0.407 e. The molecule has 11 nitrogen and oxygen atoms in total. The molecule has 1 aliphatic rings. The Morgan fingerprint density at radius 1 is 1.25 bits per heavy atom. The first-order chi connectivity index (χ1) is 15.3. The Balaban J connectivity index is 1.31. The lowest BCUT2D eigenvalue weighted by atomic mass is 10.2. The standard InChI is InChI=1S/C19H21N5O6S2/c1-12(25)32-15-8-23(9-15)18-22-16(11-31-18)17(26)20-6-7-21-19(27)30-10-13-2-4-14(5-3-13)24(28)29/h2-5,11,15H,6-10H2,1H3,(H,20,26)(H,21,27). The topological polar surface area (TPSA) is 144 Å². The van der Waals surface area contributed by atoms with Gasteiger partial charge in [-0.3, -0.25) is 19.7 Å². The molecule has 0 unspecified atom stereocenters. The van der Waals surface area contributed by atoms with E-state index in [0.717, 1.165) is 18.2 Å². The summed E-state index contributed by atoms with van der Waals surface area (Å²) in [7, 11) is 0. The van der Waals surface area contributed by atoms with E-state index < -0.39 is 11.0 Å². The second kappa shape index (κ2) is 10.9. The number of thioether (sulfide) groups is 1. The van der Waals surface area contributed by atoms with Crippen LogP contribution in [0.3, 0.4) is 0 Å². The maximum atomic E-state index is 12.2. The number of aromatic nitrogens is 1. The number of carbonyl (C=O) groups is 3. The zero-order valence-corrected chi connectivity index (χ0v) is 18.7. The van der Waals surface area contributed by atoms with Gasteiger partial charge in [0.15, 0.2) is 10.2 Å². The van der Waals surface area contributed by atoms with E-state index in [2.05, 4.69) is 15.6 Å². The molecule has 2 aromatic rings. The minimum atomic E-state index is -0.663. The van der Waals surface area contributed by atoms with Crippen LogP contribution >= 0.6 is 23.1 Å². The number of hydrogen-bond donors (Lipinski definition) is 2. The van der Waals surface area contributed by atoms with Crippen LogP contribution in [0.5, 0.6) is 0 Å². The van der Waals surface area contributed by atoms with Gasteiger partial charge in [-0.05, 0) is 17.7 Å². The Hall–Kier alpha value is -3.19. The highest BCUT2D eigenvalue weighted by Gasteiger charge is 2.30. The first-order valence-corrected chi connectivity index (χ1v) is 11.4. The number of nitrogens with zero attached hydrogens (tertiary/aromatic N) is 3. The third kappa shape index (κ3) is 6.65. The summed E-state index contributed by atoms with van der Waals surface area (Å²) in [6, 6.07) is 5.69. The fourth-order valence-corrected chi connectivity index (χ4v) is 4.57. The Bertz CT molecular complexity index is 990. The largest absolute Gasteiger partial charge is 0.445 e. The molecule has 0 radical (unpaired) electrons. The summed E-state index contributed by atoms with van der Waals surface area (Å²) in [5.41, 5.74) is 0.877. The summed E-state index contributed by atoms with van der Waals surface area (Å²) in [6.45, 7) is 3.33. The molecule has 13 heteroatoms. The molecule has 3 rings (SSSR count). The molecule has 0 aliphatic carbocycles. The highest BCUT2D eigenvalue weighted by molar-refractivity contribution is 8.14. The van der Waals surface area contributed by atoms with Crippen molar-refractivity contribution in [3.63, 3.8) is 0 Å². The van der Waals surface area contributed by atoms with Crippen molar-refractivity contribution in [2.45, 2.75) is 18.8 Å². The summed E-state index contributed by atoms with van der Waals surface area (Å²) in [5, 5.41) is 18.6. The molecule has 2 N–H and O–H groups in total. The molecule has 0 spiro atoms. The molecule has 1 saturated heterocycles. The number of nitro benzene ring substituents is 1. The molecule has 2 heterocycles. The van der Waals surface area contributed by atoms with Crippen LogP contribution in [0.25, 0.3) is 0 Å². The molecule has 0 atom stereocenters.